The summed E-state index contributed by atoms with van der Waals surface area (Å²) < 4.78 is 0. The van der Waals surface area contributed by atoms with Crippen molar-refractivity contribution in [2.24, 2.45) is 0 Å². The van der Waals surface area contributed by atoms with Gasteiger partial charge >= 0.3 is 0 Å². The van der Waals surface area contributed by atoms with Crippen LogP contribution in [0.3, 0.4) is 0 Å². The van der Waals surface area contributed by atoms with Gasteiger partial charge in [-0.05, 0) is 96.8 Å². The number of hydrogen-bond donors (Lipinski definition) is 5. The zero-order valence-electron chi connectivity index (χ0n) is 32.9. The molecule has 5 heterocycles. The Morgan fingerprint density at radius 3 is 1.85 bits per heavy atom. The van der Waals surface area contributed by atoms with Crippen LogP contribution >= 0.6 is 0 Å². The second kappa shape index (κ2) is 14.1. The summed E-state index contributed by atoms with van der Waals surface area (Å²) >= 11 is 0. The van der Waals surface area contributed by atoms with Gasteiger partial charge in [-0.2, -0.15) is 0 Å². The molecule has 0 saturated carbocycles. The van der Waals surface area contributed by atoms with E-state index in [1.807, 2.05) is 0 Å². The van der Waals surface area contributed by atoms with Crippen LogP contribution in [0.15, 0.2) is 182 Å². The minimum atomic E-state index is 0.0674. The van der Waals surface area contributed by atoms with Gasteiger partial charge in [0.25, 0.3) is 0 Å². The Labute approximate surface area is 350 Å². The first kappa shape index (κ1) is 34.5. The van der Waals surface area contributed by atoms with Crippen molar-refractivity contribution in [3.05, 3.63) is 226 Å². The highest BCUT2D eigenvalue weighted by atomic mass is 15.0. The molecule has 6 aliphatic rings. The minimum Gasteiger partial charge on any atom is -0.376 e. The lowest BCUT2D eigenvalue weighted by Crippen LogP contribution is -2.38. The second-order valence-corrected chi connectivity index (χ2v) is 16.5. The van der Waals surface area contributed by atoms with Crippen LogP contribution in [0, 0.1) is 0 Å². The van der Waals surface area contributed by atoms with Crippen molar-refractivity contribution >= 4 is 69.1 Å². The van der Waals surface area contributed by atoms with Gasteiger partial charge in [0.2, 0.25) is 0 Å². The van der Waals surface area contributed by atoms with Crippen molar-refractivity contribution in [1.29, 1.82) is 0 Å². The molecular formula is C55H43N5. The van der Waals surface area contributed by atoms with Gasteiger partial charge in [0.1, 0.15) is 0 Å². The van der Waals surface area contributed by atoms with Gasteiger partial charge in [-0.25, -0.2) is 0 Å². The molecule has 5 unspecified atom stereocenters. The molecule has 288 valence electrons. The number of nitrogens with one attached hydrogen (secondary N) is 5. The largest absolute Gasteiger partial charge is 0.376 e. The predicted octanol–water partition coefficient (Wildman–Crippen LogP) is 12.4. The monoisotopic (exact) mass is 773 g/mol. The lowest BCUT2D eigenvalue weighted by molar-refractivity contribution is 0.786. The first-order chi connectivity index (χ1) is 29.6. The molecule has 60 heavy (non-hydrogen) atoms. The molecule has 0 radical (unpaired) electrons. The van der Waals surface area contributed by atoms with Crippen molar-refractivity contribution < 1.29 is 0 Å². The van der Waals surface area contributed by atoms with Crippen LogP contribution in [0.4, 0.5) is 22.7 Å². The summed E-state index contributed by atoms with van der Waals surface area (Å²) in [5, 5.41) is 21.6. The summed E-state index contributed by atoms with van der Waals surface area (Å²) in [7, 11) is 0. The average molecular weight is 774 g/mol. The van der Waals surface area contributed by atoms with E-state index in [-0.39, 0.29) is 30.2 Å². The molecule has 0 fully saturated rings. The molecule has 12 rings (SSSR count). The summed E-state index contributed by atoms with van der Waals surface area (Å²) in [6.07, 6.45) is 29.4. The number of fused-ring (bicyclic) bond motifs is 7. The Bertz CT molecular complexity index is 2990. The third-order valence-electron chi connectivity index (χ3n) is 12.8. The molecule has 1 aliphatic carbocycles. The van der Waals surface area contributed by atoms with Gasteiger partial charge in [-0.3, -0.25) is 0 Å². The second-order valence-electron chi connectivity index (χ2n) is 16.5. The molecule has 0 spiro atoms. The molecule has 0 saturated heterocycles. The van der Waals surface area contributed by atoms with Crippen molar-refractivity contribution in [3.63, 3.8) is 0 Å². The molecule has 5 nitrogen and oxygen atoms in total. The van der Waals surface area contributed by atoms with E-state index in [1.54, 1.807) is 0 Å². The number of rotatable bonds is 5. The zero-order chi connectivity index (χ0) is 39.6. The molecule has 5 atom stereocenters. The van der Waals surface area contributed by atoms with E-state index in [1.165, 1.54) is 72.1 Å². The lowest BCUT2D eigenvalue weighted by atomic mass is 9.89. The van der Waals surface area contributed by atoms with E-state index in [9.17, 15) is 0 Å². The quantitative estimate of drug-likeness (QED) is 0.121. The number of dihydropyridines is 1. The maximum atomic E-state index is 3.89. The summed E-state index contributed by atoms with van der Waals surface area (Å²) in [5.74, 6) is 0. The Morgan fingerprint density at radius 1 is 0.383 bits per heavy atom. The number of anilines is 4. The Balaban J connectivity index is 0.748. The Kier molecular flexibility index (Phi) is 8.12. The number of hydrogen-bond acceptors (Lipinski definition) is 5. The maximum absolute atomic E-state index is 3.89. The predicted molar refractivity (Wildman–Crippen MR) is 254 cm³/mol. The third-order valence-corrected chi connectivity index (χ3v) is 12.8. The van der Waals surface area contributed by atoms with Crippen LogP contribution in [0.2, 0.25) is 0 Å². The van der Waals surface area contributed by atoms with E-state index < -0.39 is 0 Å². The topological polar surface area (TPSA) is 60.1 Å². The number of benzene rings is 6. The standard InChI is InChI=1S/C55H43N5/c1-2-6-34(7-3-1)47-26-23-38-12-13-39-24-27-49(60-55(39)54(38)59-47)44-19-17-40-30-41(15-16-42(40)31-44)43-14-10-36-20-25-48(57-52(36)32-43)45-18-11-37-22-29-51(58-53(37)33-45)50-28-21-35-8-4-5-9-46(35)56-50/h1-33,47,49-52,56-60H. The van der Waals surface area contributed by atoms with E-state index in [4.69, 9.17) is 0 Å². The smallest absolute Gasteiger partial charge is 0.0707 e. The number of allylic oxidation sites excluding steroid dienone is 4. The van der Waals surface area contributed by atoms with Gasteiger partial charge < -0.3 is 26.6 Å². The van der Waals surface area contributed by atoms with Crippen molar-refractivity contribution in [3.8, 4) is 0 Å². The van der Waals surface area contributed by atoms with Gasteiger partial charge in [0.15, 0.2) is 0 Å². The summed E-state index contributed by atoms with van der Waals surface area (Å²) in [6.45, 7) is 0. The average Bonchev–Trinajstić information content (AvgIpc) is 3.32. The van der Waals surface area contributed by atoms with E-state index >= 15 is 0 Å². The fraction of sp³-hybridized carbons (Fsp3) is 0.0909. The molecule has 5 heteroatoms. The number of para-hydroxylation sites is 1. The SMILES string of the molecule is C1=CC2=CC=C(c3ccc4c(c3)NC(C3C=Cc5ccccc5N3)C=C4)NC2C=C1c1ccc2cc(C3C=Cc4ccc5c(c4N3)NC(c3ccccc3)C=C5)ccc2c1. The fourth-order valence-corrected chi connectivity index (χ4v) is 9.45. The highest BCUT2D eigenvalue weighted by Gasteiger charge is 2.26. The van der Waals surface area contributed by atoms with Crippen LogP contribution in [0.5, 0.6) is 0 Å². The van der Waals surface area contributed by atoms with Crippen molar-refractivity contribution in [1.82, 2.24) is 5.32 Å². The van der Waals surface area contributed by atoms with Crippen LogP contribution < -0.4 is 26.6 Å². The molecule has 5 aliphatic heterocycles. The third kappa shape index (κ3) is 6.18. The molecule has 0 aromatic heterocycles. The molecule has 5 N–H and O–H groups in total. The maximum Gasteiger partial charge on any atom is 0.0707 e. The van der Waals surface area contributed by atoms with Gasteiger partial charge in [0, 0.05) is 17.1 Å². The van der Waals surface area contributed by atoms with Crippen LogP contribution in [-0.2, 0) is 0 Å². The van der Waals surface area contributed by atoms with Crippen molar-refractivity contribution in [2.45, 2.75) is 30.2 Å². The lowest BCUT2D eigenvalue weighted by Gasteiger charge is -2.32. The fourth-order valence-electron chi connectivity index (χ4n) is 9.45. The first-order valence-electron chi connectivity index (χ1n) is 21.0. The van der Waals surface area contributed by atoms with E-state index in [2.05, 4.69) is 227 Å². The zero-order valence-corrected chi connectivity index (χ0v) is 32.9. The highest BCUT2D eigenvalue weighted by Crippen LogP contribution is 2.43. The van der Waals surface area contributed by atoms with Crippen LogP contribution in [0.25, 0.3) is 46.3 Å². The van der Waals surface area contributed by atoms with E-state index in [0.29, 0.717) is 0 Å². The molecule has 6 aromatic carbocycles. The van der Waals surface area contributed by atoms with Gasteiger partial charge in [-0.15, -0.1) is 0 Å². The summed E-state index contributed by atoms with van der Waals surface area (Å²) in [6, 6.07) is 44.6. The minimum absolute atomic E-state index is 0.0674. The Morgan fingerprint density at radius 2 is 1.03 bits per heavy atom. The molecule has 6 aromatic rings. The van der Waals surface area contributed by atoms with Crippen LogP contribution in [0.1, 0.15) is 56.6 Å². The van der Waals surface area contributed by atoms with Gasteiger partial charge in [-0.1, -0.05) is 170 Å². The van der Waals surface area contributed by atoms with E-state index in [0.717, 1.165) is 22.8 Å². The van der Waals surface area contributed by atoms with Crippen molar-refractivity contribution in [2.75, 3.05) is 21.3 Å². The highest BCUT2D eigenvalue weighted by molar-refractivity contribution is 5.92. The normalized spacial score (nSPS) is 22.5. The summed E-state index contributed by atoms with van der Waals surface area (Å²) in [5.41, 5.74) is 18.0. The van der Waals surface area contributed by atoms with Gasteiger partial charge in [0.05, 0.1) is 41.6 Å². The molecule has 0 amide bonds. The Hall–Kier alpha value is -7.50. The summed E-state index contributed by atoms with van der Waals surface area (Å²) in [4.78, 5) is 0. The molecular weight excluding hydrogens is 731 g/mol. The first-order valence-corrected chi connectivity index (χ1v) is 21.0. The molecule has 0 bridgehead atoms. The van der Waals surface area contributed by atoms with Crippen LogP contribution in [-0.4, -0.2) is 18.1 Å².